The van der Waals surface area contributed by atoms with E-state index in [1.54, 1.807) is 6.20 Å². The van der Waals surface area contributed by atoms with Gasteiger partial charge < -0.3 is 5.11 Å². The van der Waals surface area contributed by atoms with Gasteiger partial charge in [0.25, 0.3) is 0 Å². The van der Waals surface area contributed by atoms with Crippen LogP contribution in [0.25, 0.3) is 0 Å². The molecule has 0 saturated heterocycles. The topological polar surface area (TPSA) is 54.2 Å². The average molecular weight is 302 g/mol. The van der Waals surface area contributed by atoms with E-state index in [0.717, 1.165) is 37.2 Å². The lowest BCUT2D eigenvalue weighted by Crippen LogP contribution is -2.27. The molecule has 1 N–H and O–H groups in total. The minimum Gasteiger partial charge on any atom is -0.395 e. The first-order chi connectivity index (χ1) is 10.7. The molecule has 5 heteroatoms. The van der Waals surface area contributed by atoms with Gasteiger partial charge in [0.2, 0.25) is 0 Å². The Labute approximate surface area is 132 Å². The minimum absolute atomic E-state index is 0.156. The number of pyridine rings is 1. The first-order valence-corrected chi connectivity index (χ1v) is 7.95. The largest absolute Gasteiger partial charge is 0.395 e. The van der Waals surface area contributed by atoms with Crippen molar-refractivity contribution in [2.75, 3.05) is 13.2 Å². The van der Waals surface area contributed by atoms with Crippen molar-refractivity contribution in [3.8, 4) is 0 Å². The van der Waals surface area contributed by atoms with Crippen LogP contribution in [0.4, 0.5) is 0 Å². The first kappa shape index (κ1) is 16.6. The second-order valence-electron chi connectivity index (χ2n) is 5.50. The number of aliphatic hydroxyl groups excluding tert-OH is 1. The smallest absolute Gasteiger partial charge is 0.0669 e. The van der Waals surface area contributed by atoms with Crippen LogP contribution in [-0.4, -0.2) is 37.9 Å². The fourth-order valence-corrected chi connectivity index (χ4v) is 2.90. The fraction of sp³-hybridized carbons (Fsp3) is 0.529. The molecule has 0 fully saturated rings. The van der Waals surface area contributed by atoms with Gasteiger partial charge in [0.15, 0.2) is 0 Å². The predicted molar refractivity (Wildman–Crippen MR) is 87.4 cm³/mol. The zero-order chi connectivity index (χ0) is 15.9. The van der Waals surface area contributed by atoms with E-state index in [1.165, 1.54) is 11.3 Å². The lowest BCUT2D eigenvalue weighted by Gasteiger charge is -2.22. The number of nitrogens with zero attached hydrogens (tertiary/aromatic N) is 4. The van der Waals surface area contributed by atoms with Crippen molar-refractivity contribution in [1.29, 1.82) is 0 Å². The molecule has 0 aliphatic carbocycles. The van der Waals surface area contributed by atoms with E-state index in [1.807, 2.05) is 24.0 Å². The van der Waals surface area contributed by atoms with Gasteiger partial charge in [-0.1, -0.05) is 19.9 Å². The first-order valence-electron chi connectivity index (χ1n) is 7.95. The zero-order valence-electron chi connectivity index (χ0n) is 13.8. The molecule has 120 valence electrons. The summed E-state index contributed by atoms with van der Waals surface area (Å²) in [6.45, 7) is 6.71. The molecule has 0 aromatic carbocycles. The highest BCUT2D eigenvalue weighted by Crippen LogP contribution is 2.19. The van der Waals surface area contributed by atoms with Gasteiger partial charge in [-0.15, -0.1) is 0 Å². The highest BCUT2D eigenvalue weighted by Gasteiger charge is 2.17. The van der Waals surface area contributed by atoms with Gasteiger partial charge in [0.05, 0.1) is 12.3 Å². The third-order valence-electron chi connectivity index (χ3n) is 3.95. The van der Waals surface area contributed by atoms with Crippen molar-refractivity contribution in [1.82, 2.24) is 19.7 Å². The SMILES string of the molecule is CCc1nn(C)c(CC)c1CN(CCO)Cc1cccnc1. The van der Waals surface area contributed by atoms with Gasteiger partial charge in [0.1, 0.15) is 0 Å². The van der Waals surface area contributed by atoms with Crippen molar-refractivity contribution < 1.29 is 5.11 Å². The summed E-state index contributed by atoms with van der Waals surface area (Å²) >= 11 is 0. The van der Waals surface area contributed by atoms with Crippen LogP contribution in [-0.2, 0) is 33.0 Å². The highest BCUT2D eigenvalue weighted by atomic mass is 16.3. The highest BCUT2D eigenvalue weighted by molar-refractivity contribution is 5.27. The maximum atomic E-state index is 9.37. The normalized spacial score (nSPS) is 11.3. The van der Waals surface area contributed by atoms with Gasteiger partial charge in [-0.05, 0) is 24.5 Å². The van der Waals surface area contributed by atoms with Crippen LogP contribution < -0.4 is 0 Å². The van der Waals surface area contributed by atoms with Crippen LogP contribution in [0.5, 0.6) is 0 Å². The molecule has 2 aromatic rings. The van der Waals surface area contributed by atoms with Crippen LogP contribution in [0.2, 0.25) is 0 Å². The van der Waals surface area contributed by atoms with E-state index in [9.17, 15) is 5.11 Å². The summed E-state index contributed by atoms with van der Waals surface area (Å²) in [7, 11) is 2.01. The third-order valence-corrected chi connectivity index (χ3v) is 3.95. The van der Waals surface area contributed by atoms with Gasteiger partial charge in [0, 0.05) is 50.3 Å². The molecule has 0 aliphatic heterocycles. The van der Waals surface area contributed by atoms with E-state index in [4.69, 9.17) is 0 Å². The van der Waals surface area contributed by atoms with Crippen LogP contribution in [0, 0.1) is 0 Å². The number of hydrogen-bond acceptors (Lipinski definition) is 4. The summed E-state index contributed by atoms with van der Waals surface area (Å²) in [4.78, 5) is 6.43. The molecule has 0 unspecified atom stereocenters. The Bertz CT molecular complexity index is 580. The van der Waals surface area contributed by atoms with Gasteiger partial charge in [-0.3, -0.25) is 14.6 Å². The van der Waals surface area contributed by atoms with Crippen LogP contribution in [0.3, 0.4) is 0 Å². The maximum Gasteiger partial charge on any atom is 0.0669 e. The molecular weight excluding hydrogens is 276 g/mol. The number of hydrogen-bond donors (Lipinski definition) is 1. The molecular formula is C17H26N4O. The molecule has 0 bridgehead atoms. The van der Waals surface area contributed by atoms with E-state index in [2.05, 4.69) is 34.9 Å². The lowest BCUT2D eigenvalue weighted by atomic mass is 10.1. The Kier molecular flexibility index (Phi) is 6.10. The molecule has 0 radical (unpaired) electrons. The Hall–Kier alpha value is -1.72. The number of rotatable bonds is 8. The molecule has 0 aliphatic rings. The molecule has 0 saturated carbocycles. The van der Waals surface area contributed by atoms with Crippen LogP contribution in [0.15, 0.2) is 24.5 Å². The van der Waals surface area contributed by atoms with E-state index in [-0.39, 0.29) is 6.61 Å². The third kappa shape index (κ3) is 3.93. The van der Waals surface area contributed by atoms with Crippen molar-refractivity contribution in [2.24, 2.45) is 7.05 Å². The summed E-state index contributed by atoms with van der Waals surface area (Å²) in [5, 5.41) is 14.0. The van der Waals surface area contributed by atoms with Crippen molar-refractivity contribution >= 4 is 0 Å². The summed E-state index contributed by atoms with van der Waals surface area (Å²) in [5.41, 5.74) is 4.92. The predicted octanol–water partition coefficient (Wildman–Crippen LogP) is 1.93. The Morgan fingerprint density at radius 2 is 2.05 bits per heavy atom. The molecule has 0 spiro atoms. The van der Waals surface area contributed by atoms with E-state index in [0.29, 0.717) is 6.54 Å². The quantitative estimate of drug-likeness (QED) is 0.809. The monoisotopic (exact) mass is 302 g/mol. The molecule has 2 rings (SSSR count). The van der Waals surface area contributed by atoms with Crippen molar-refractivity contribution in [3.63, 3.8) is 0 Å². The number of aliphatic hydroxyl groups is 1. The standard InChI is InChI=1S/C17H26N4O/c1-4-16-15(17(5-2)20(3)19-16)13-21(9-10-22)12-14-7-6-8-18-11-14/h6-8,11,22H,4-5,9-10,12-13H2,1-3H3. The summed E-state index contributed by atoms with van der Waals surface area (Å²) in [5.74, 6) is 0. The van der Waals surface area contributed by atoms with Crippen molar-refractivity contribution in [2.45, 2.75) is 39.8 Å². The van der Waals surface area contributed by atoms with Crippen LogP contribution >= 0.6 is 0 Å². The van der Waals surface area contributed by atoms with Crippen molar-refractivity contribution in [3.05, 3.63) is 47.0 Å². The lowest BCUT2D eigenvalue weighted by molar-refractivity contribution is 0.183. The second kappa shape index (κ2) is 8.06. The number of aryl methyl sites for hydroxylation is 2. The minimum atomic E-state index is 0.156. The molecule has 22 heavy (non-hydrogen) atoms. The summed E-state index contributed by atoms with van der Waals surface area (Å²) in [6, 6.07) is 4.02. The Morgan fingerprint density at radius 1 is 1.23 bits per heavy atom. The van der Waals surface area contributed by atoms with Gasteiger partial charge in [-0.2, -0.15) is 5.10 Å². The Morgan fingerprint density at radius 3 is 2.64 bits per heavy atom. The molecule has 0 atom stereocenters. The Balaban J connectivity index is 2.20. The molecule has 0 amide bonds. The summed E-state index contributed by atoms with van der Waals surface area (Å²) in [6.07, 6.45) is 5.57. The molecule has 2 aromatic heterocycles. The molecule has 5 nitrogen and oxygen atoms in total. The van der Waals surface area contributed by atoms with Gasteiger partial charge in [-0.25, -0.2) is 0 Å². The fourth-order valence-electron chi connectivity index (χ4n) is 2.90. The van der Waals surface area contributed by atoms with E-state index >= 15 is 0 Å². The zero-order valence-corrected chi connectivity index (χ0v) is 13.8. The summed E-state index contributed by atoms with van der Waals surface area (Å²) < 4.78 is 2.00. The van der Waals surface area contributed by atoms with Crippen LogP contribution in [0.1, 0.15) is 36.4 Å². The second-order valence-corrected chi connectivity index (χ2v) is 5.50. The number of aromatic nitrogens is 3. The maximum absolute atomic E-state index is 9.37. The molecule has 2 heterocycles. The van der Waals surface area contributed by atoms with Gasteiger partial charge >= 0.3 is 0 Å². The average Bonchev–Trinajstić information content (AvgIpc) is 2.83. The van der Waals surface area contributed by atoms with E-state index < -0.39 is 0 Å².